The summed E-state index contributed by atoms with van der Waals surface area (Å²) in [5.41, 5.74) is 1.35. The fourth-order valence-electron chi connectivity index (χ4n) is 3.57. The standard InChI is InChI=1S/C30H39N3O7/c1-21(34)10-8-9-13-26(35)32-24-16-14-22(15-17-24)18-25(33-29(38)40-30(2,3)4)28(37)31-19-27(36)39-20-23-11-6-5-7-12-23/h5-7,11-12,14-17,25H,8-10,13,18-20H2,1-4H3,(H,31,37)(H,32,35)(H,33,38)/t25-/m1/s1. The van der Waals surface area contributed by atoms with Crippen LogP contribution in [0.1, 0.15) is 64.5 Å². The fourth-order valence-corrected chi connectivity index (χ4v) is 3.57. The Morgan fingerprint density at radius 1 is 0.850 bits per heavy atom. The van der Waals surface area contributed by atoms with Crippen molar-refractivity contribution < 1.29 is 33.4 Å². The zero-order chi connectivity index (χ0) is 29.5. The quantitative estimate of drug-likeness (QED) is 0.237. The Morgan fingerprint density at radius 3 is 2.12 bits per heavy atom. The lowest BCUT2D eigenvalue weighted by atomic mass is 10.0. The first-order chi connectivity index (χ1) is 18.9. The van der Waals surface area contributed by atoms with Gasteiger partial charge in [-0.15, -0.1) is 0 Å². The van der Waals surface area contributed by atoms with Gasteiger partial charge in [-0.25, -0.2) is 4.79 Å². The molecule has 1 atom stereocenters. The van der Waals surface area contributed by atoms with Gasteiger partial charge in [0.2, 0.25) is 11.8 Å². The normalized spacial score (nSPS) is 11.6. The summed E-state index contributed by atoms with van der Waals surface area (Å²) in [6, 6.07) is 15.0. The number of anilines is 1. The second kappa shape index (κ2) is 16.0. The first-order valence-electron chi connectivity index (χ1n) is 13.3. The highest BCUT2D eigenvalue weighted by Gasteiger charge is 2.25. The van der Waals surface area contributed by atoms with Crippen LogP contribution < -0.4 is 16.0 Å². The lowest BCUT2D eigenvalue weighted by Gasteiger charge is -2.23. The fraction of sp³-hybridized carbons (Fsp3) is 0.433. The number of Topliss-reactive ketones (excluding diaryl/α,β-unsaturated/α-hetero) is 1. The number of amides is 3. The number of hydrogen-bond donors (Lipinski definition) is 3. The third kappa shape index (κ3) is 13.5. The Labute approximate surface area is 235 Å². The Kier molecular flexibility index (Phi) is 12.8. The number of carbonyl (C=O) groups is 5. The highest BCUT2D eigenvalue weighted by Crippen LogP contribution is 2.14. The molecule has 10 nitrogen and oxygen atoms in total. The van der Waals surface area contributed by atoms with Crippen LogP contribution in [0.4, 0.5) is 10.5 Å². The number of benzene rings is 2. The van der Waals surface area contributed by atoms with Crippen molar-refractivity contribution in [3.05, 3.63) is 65.7 Å². The third-order valence-corrected chi connectivity index (χ3v) is 5.52. The summed E-state index contributed by atoms with van der Waals surface area (Å²) in [6.07, 6.45) is 1.40. The van der Waals surface area contributed by atoms with Crippen molar-refractivity contribution in [2.75, 3.05) is 11.9 Å². The van der Waals surface area contributed by atoms with Crippen molar-refractivity contribution in [1.29, 1.82) is 0 Å². The van der Waals surface area contributed by atoms with Crippen molar-refractivity contribution in [3.8, 4) is 0 Å². The van der Waals surface area contributed by atoms with Crippen LogP contribution in [0.25, 0.3) is 0 Å². The van der Waals surface area contributed by atoms with E-state index in [1.807, 2.05) is 30.3 Å². The molecule has 40 heavy (non-hydrogen) atoms. The summed E-state index contributed by atoms with van der Waals surface area (Å²) in [5.74, 6) is -1.24. The van der Waals surface area contributed by atoms with Gasteiger partial charge in [0.1, 0.15) is 30.6 Å². The van der Waals surface area contributed by atoms with E-state index in [1.165, 1.54) is 6.92 Å². The number of carbonyl (C=O) groups excluding carboxylic acids is 5. The molecule has 3 amide bonds. The van der Waals surface area contributed by atoms with Gasteiger partial charge in [0.05, 0.1) is 0 Å². The smallest absolute Gasteiger partial charge is 0.408 e. The molecule has 0 aliphatic rings. The Balaban J connectivity index is 1.95. The molecule has 0 saturated heterocycles. The van der Waals surface area contributed by atoms with E-state index in [4.69, 9.17) is 9.47 Å². The first-order valence-corrected chi connectivity index (χ1v) is 13.3. The van der Waals surface area contributed by atoms with Crippen molar-refractivity contribution >= 4 is 35.3 Å². The zero-order valence-corrected chi connectivity index (χ0v) is 23.6. The van der Waals surface area contributed by atoms with E-state index in [-0.39, 0.29) is 31.3 Å². The van der Waals surface area contributed by atoms with Gasteiger partial charge in [-0.1, -0.05) is 42.5 Å². The molecular weight excluding hydrogens is 514 g/mol. The van der Waals surface area contributed by atoms with Crippen molar-refractivity contribution in [3.63, 3.8) is 0 Å². The average molecular weight is 554 g/mol. The number of ketones is 1. The Morgan fingerprint density at radius 2 is 1.50 bits per heavy atom. The molecule has 10 heteroatoms. The maximum Gasteiger partial charge on any atom is 0.408 e. The molecule has 0 aromatic heterocycles. The van der Waals surface area contributed by atoms with Crippen LogP contribution in [0.3, 0.4) is 0 Å². The van der Waals surface area contributed by atoms with Gasteiger partial charge < -0.3 is 30.2 Å². The SMILES string of the molecule is CC(=O)CCCCC(=O)Nc1ccc(C[C@@H](NC(=O)OC(C)(C)C)C(=O)NCC(=O)OCc2ccccc2)cc1. The zero-order valence-electron chi connectivity index (χ0n) is 23.6. The maximum absolute atomic E-state index is 12.9. The van der Waals surface area contributed by atoms with E-state index in [9.17, 15) is 24.0 Å². The van der Waals surface area contributed by atoms with Crippen LogP contribution >= 0.6 is 0 Å². The van der Waals surface area contributed by atoms with E-state index >= 15 is 0 Å². The van der Waals surface area contributed by atoms with Gasteiger partial charge in [-0.05, 0) is 63.8 Å². The lowest BCUT2D eigenvalue weighted by Crippen LogP contribution is -2.50. The first kappa shape index (κ1) is 32.0. The van der Waals surface area contributed by atoms with Gasteiger partial charge in [0.15, 0.2) is 0 Å². The van der Waals surface area contributed by atoms with Gasteiger partial charge >= 0.3 is 12.1 Å². The molecule has 3 N–H and O–H groups in total. The minimum atomic E-state index is -1.03. The molecule has 0 aliphatic heterocycles. The summed E-state index contributed by atoms with van der Waals surface area (Å²) in [7, 11) is 0. The van der Waals surface area contributed by atoms with Gasteiger partial charge in [-0.3, -0.25) is 14.4 Å². The maximum atomic E-state index is 12.9. The van der Waals surface area contributed by atoms with E-state index < -0.39 is 29.6 Å². The van der Waals surface area contributed by atoms with E-state index in [0.717, 1.165) is 5.56 Å². The van der Waals surface area contributed by atoms with Crippen molar-refractivity contribution in [2.24, 2.45) is 0 Å². The highest BCUT2D eigenvalue weighted by atomic mass is 16.6. The van der Waals surface area contributed by atoms with E-state index in [1.54, 1.807) is 45.0 Å². The van der Waals surface area contributed by atoms with E-state index in [2.05, 4.69) is 16.0 Å². The number of rotatable bonds is 14. The molecule has 0 bridgehead atoms. The second-order valence-corrected chi connectivity index (χ2v) is 10.4. The largest absolute Gasteiger partial charge is 0.460 e. The monoisotopic (exact) mass is 553 g/mol. The van der Waals surface area contributed by atoms with Gasteiger partial charge in [0, 0.05) is 24.9 Å². The van der Waals surface area contributed by atoms with Crippen molar-refractivity contribution in [1.82, 2.24) is 10.6 Å². The van der Waals surface area contributed by atoms with E-state index in [0.29, 0.717) is 36.9 Å². The predicted molar refractivity (Wildman–Crippen MR) is 150 cm³/mol. The number of nitrogens with one attached hydrogen (secondary N) is 3. The molecule has 0 radical (unpaired) electrons. The van der Waals surface area contributed by atoms with Crippen LogP contribution in [-0.2, 0) is 41.7 Å². The number of alkyl carbamates (subject to hydrolysis) is 1. The molecule has 0 heterocycles. The Hall–Kier alpha value is -4.21. The van der Waals surface area contributed by atoms with Gasteiger partial charge in [-0.2, -0.15) is 0 Å². The number of unbranched alkanes of at least 4 members (excludes halogenated alkanes) is 1. The third-order valence-electron chi connectivity index (χ3n) is 5.52. The minimum Gasteiger partial charge on any atom is -0.460 e. The number of esters is 1. The lowest BCUT2D eigenvalue weighted by molar-refractivity contribution is -0.145. The second-order valence-electron chi connectivity index (χ2n) is 10.4. The molecule has 0 fully saturated rings. The topological polar surface area (TPSA) is 140 Å². The minimum absolute atomic E-state index is 0.0798. The molecule has 2 rings (SSSR count). The summed E-state index contributed by atoms with van der Waals surface area (Å²) in [5, 5.41) is 7.89. The van der Waals surface area contributed by atoms with Crippen LogP contribution in [0.15, 0.2) is 54.6 Å². The molecule has 0 aliphatic carbocycles. The highest BCUT2D eigenvalue weighted by molar-refractivity contribution is 5.91. The van der Waals surface area contributed by atoms with Gasteiger partial charge in [0.25, 0.3) is 0 Å². The van der Waals surface area contributed by atoms with Crippen LogP contribution in [0, 0.1) is 0 Å². The summed E-state index contributed by atoms with van der Waals surface area (Å²) >= 11 is 0. The predicted octanol–water partition coefficient (Wildman–Crippen LogP) is 4.07. The molecule has 0 saturated carbocycles. The van der Waals surface area contributed by atoms with Crippen LogP contribution in [0.2, 0.25) is 0 Å². The molecule has 0 spiro atoms. The molecular formula is C30H39N3O7. The summed E-state index contributed by atoms with van der Waals surface area (Å²) < 4.78 is 10.5. The molecule has 0 unspecified atom stereocenters. The summed E-state index contributed by atoms with van der Waals surface area (Å²) in [6.45, 7) is 6.37. The molecule has 2 aromatic rings. The van der Waals surface area contributed by atoms with Crippen molar-refractivity contribution in [2.45, 2.75) is 78.0 Å². The van der Waals surface area contributed by atoms with Crippen LogP contribution in [0.5, 0.6) is 0 Å². The average Bonchev–Trinajstić information content (AvgIpc) is 2.88. The Bertz CT molecular complexity index is 1140. The number of hydrogen-bond acceptors (Lipinski definition) is 7. The van der Waals surface area contributed by atoms with Crippen LogP contribution in [-0.4, -0.2) is 47.8 Å². The molecule has 216 valence electrons. The summed E-state index contributed by atoms with van der Waals surface area (Å²) in [4.78, 5) is 60.7. The molecule has 2 aromatic carbocycles. The number of ether oxygens (including phenoxy) is 2.